The smallest absolute Gasteiger partial charge is 0.0469 e. The van der Waals surface area contributed by atoms with Crippen molar-refractivity contribution in [1.82, 2.24) is 5.32 Å². The first-order valence-corrected chi connectivity index (χ1v) is 9.17. The number of rotatable bonds is 5. The van der Waals surface area contributed by atoms with Crippen molar-refractivity contribution in [1.29, 1.82) is 0 Å². The van der Waals surface area contributed by atoms with Crippen LogP contribution in [0.4, 0.5) is 0 Å². The third-order valence-corrected chi connectivity index (χ3v) is 6.65. The van der Waals surface area contributed by atoms with Gasteiger partial charge in [-0.3, -0.25) is 0 Å². The summed E-state index contributed by atoms with van der Waals surface area (Å²) < 4.78 is 1.27. The summed E-state index contributed by atoms with van der Waals surface area (Å²) >= 11 is 5.63. The lowest BCUT2D eigenvalue weighted by atomic mass is 9.70. The summed E-state index contributed by atoms with van der Waals surface area (Å²) in [4.78, 5) is 2.92. The van der Waals surface area contributed by atoms with Gasteiger partial charge in [-0.2, -0.15) is 0 Å². The first-order chi connectivity index (χ1) is 9.07. The summed E-state index contributed by atoms with van der Waals surface area (Å²) in [7, 11) is 0. The Bertz CT molecular complexity index is 387. The molecule has 0 bridgehead atoms. The number of thiophene rings is 1. The van der Waals surface area contributed by atoms with Crippen molar-refractivity contribution in [3.05, 3.63) is 20.3 Å². The van der Waals surface area contributed by atoms with Crippen molar-refractivity contribution in [2.75, 3.05) is 6.54 Å². The second-order valence-electron chi connectivity index (χ2n) is 6.15. The first kappa shape index (κ1) is 15.5. The molecule has 1 aromatic heterocycles. The lowest BCUT2D eigenvalue weighted by Gasteiger charge is -2.41. The highest BCUT2D eigenvalue weighted by Gasteiger charge is 2.36. The third kappa shape index (κ3) is 3.62. The van der Waals surface area contributed by atoms with E-state index in [1.807, 2.05) is 11.3 Å². The minimum absolute atomic E-state index is 0.435. The predicted octanol–water partition coefficient (Wildman–Crippen LogP) is 5.83. The average molecular weight is 344 g/mol. The molecule has 0 aliphatic heterocycles. The Morgan fingerprint density at radius 2 is 2.05 bits per heavy atom. The molecule has 0 radical (unpaired) electrons. The van der Waals surface area contributed by atoms with Crippen molar-refractivity contribution in [3.8, 4) is 0 Å². The van der Waals surface area contributed by atoms with Gasteiger partial charge in [0.25, 0.3) is 0 Å². The number of halogens is 1. The highest BCUT2D eigenvalue weighted by Crippen LogP contribution is 2.48. The zero-order valence-corrected chi connectivity index (χ0v) is 14.8. The minimum Gasteiger partial charge on any atom is -0.309 e. The number of aryl methyl sites for hydroxylation is 1. The van der Waals surface area contributed by atoms with Crippen molar-refractivity contribution in [2.24, 2.45) is 5.41 Å². The summed E-state index contributed by atoms with van der Waals surface area (Å²) in [6.45, 7) is 8.07. The Labute approximate surface area is 130 Å². The molecule has 0 amide bonds. The van der Waals surface area contributed by atoms with Gasteiger partial charge >= 0.3 is 0 Å². The number of nitrogens with one attached hydrogen (secondary N) is 1. The number of hydrogen-bond donors (Lipinski definition) is 1. The van der Waals surface area contributed by atoms with E-state index in [9.17, 15) is 0 Å². The second-order valence-corrected chi connectivity index (χ2v) is 8.30. The summed E-state index contributed by atoms with van der Waals surface area (Å²) in [6.07, 6.45) is 8.14. The van der Waals surface area contributed by atoms with E-state index in [0.29, 0.717) is 11.5 Å². The van der Waals surface area contributed by atoms with Crippen molar-refractivity contribution in [3.63, 3.8) is 0 Å². The maximum Gasteiger partial charge on any atom is 0.0469 e. The summed E-state index contributed by atoms with van der Waals surface area (Å²) in [5, 5.41) is 3.83. The Morgan fingerprint density at radius 1 is 1.37 bits per heavy atom. The molecule has 1 aliphatic rings. The molecular weight excluding hydrogens is 318 g/mol. The third-order valence-electron chi connectivity index (χ3n) is 4.45. The molecule has 0 spiro atoms. The topological polar surface area (TPSA) is 12.0 Å². The van der Waals surface area contributed by atoms with Gasteiger partial charge in [-0.1, -0.05) is 33.1 Å². The van der Waals surface area contributed by atoms with Gasteiger partial charge in [0.05, 0.1) is 0 Å². The fourth-order valence-electron chi connectivity index (χ4n) is 3.25. The summed E-state index contributed by atoms with van der Waals surface area (Å²) in [6, 6.07) is 2.87. The molecule has 19 heavy (non-hydrogen) atoms. The normalized spacial score (nSPS) is 20.4. The van der Waals surface area contributed by atoms with E-state index >= 15 is 0 Å². The molecule has 1 aliphatic carbocycles. The van der Waals surface area contributed by atoms with Gasteiger partial charge in [0.15, 0.2) is 0 Å². The van der Waals surface area contributed by atoms with Crippen LogP contribution in [0.5, 0.6) is 0 Å². The van der Waals surface area contributed by atoms with E-state index in [1.165, 1.54) is 52.8 Å². The van der Waals surface area contributed by atoms with E-state index in [1.54, 1.807) is 0 Å². The lowest BCUT2D eigenvalue weighted by Crippen LogP contribution is -2.37. The maximum atomic E-state index is 3.83. The van der Waals surface area contributed by atoms with Gasteiger partial charge in [0, 0.05) is 20.3 Å². The fraction of sp³-hybridized carbons (Fsp3) is 0.750. The van der Waals surface area contributed by atoms with Crippen LogP contribution in [0.1, 0.15) is 68.2 Å². The van der Waals surface area contributed by atoms with Gasteiger partial charge in [-0.15, -0.1) is 11.3 Å². The molecule has 1 N–H and O–H groups in total. The highest BCUT2D eigenvalue weighted by molar-refractivity contribution is 9.10. The maximum absolute atomic E-state index is 3.83. The second kappa shape index (κ2) is 6.73. The molecule has 1 heterocycles. The average Bonchev–Trinajstić information content (AvgIpc) is 2.70. The molecular formula is C16H26BrNS. The first-order valence-electron chi connectivity index (χ1n) is 7.56. The zero-order valence-electron chi connectivity index (χ0n) is 12.4. The Hall–Kier alpha value is 0.140. The molecule has 108 valence electrons. The molecule has 1 atom stereocenters. The summed E-state index contributed by atoms with van der Waals surface area (Å²) in [5.41, 5.74) is 0.435. The van der Waals surface area contributed by atoms with Crippen LogP contribution in [0.25, 0.3) is 0 Å². The van der Waals surface area contributed by atoms with E-state index < -0.39 is 0 Å². The van der Waals surface area contributed by atoms with Crippen molar-refractivity contribution in [2.45, 2.75) is 65.3 Å². The van der Waals surface area contributed by atoms with Crippen LogP contribution >= 0.6 is 27.3 Å². The highest BCUT2D eigenvalue weighted by atomic mass is 79.9. The molecule has 2 rings (SSSR count). The molecule has 1 nitrogen and oxygen atoms in total. The Morgan fingerprint density at radius 3 is 2.58 bits per heavy atom. The van der Waals surface area contributed by atoms with Gasteiger partial charge in [0.1, 0.15) is 0 Å². The predicted molar refractivity (Wildman–Crippen MR) is 89.0 cm³/mol. The van der Waals surface area contributed by atoms with E-state index in [0.717, 1.165) is 6.54 Å². The molecule has 0 aromatic carbocycles. The van der Waals surface area contributed by atoms with E-state index in [4.69, 9.17) is 0 Å². The van der Waals surface area contributed by atoms with Crippen LogP contribution in [-0.2, 0) is 0 Å². The SMILES string of the molecule is CCCNC(c1cc(Br)c(C)s1)C1(C)CCCCC1. The Kier molecular flexibility index (Phi) is 5.50. The molecule has 0 saturated heterocycles. The molecule has 3 heteroatoms. The zero-order chi connectivity index (χ0) is 13.9. The quantitative estimate of drug-likeness (QED) is 0.708. The lowest BCUT2D eigenvalue weighted by molar-refractivity contribution is 0.147. The number of hydrogen-bond acceptors (Lipinski definition) is 2. The Balaban J connectivity index is 2.23. The van der Waals surface area contributed by atoms with E-state index in [-0.39, 0.29) is 0 Å². The molecule has 1 aromatic rings. The van der Waals surface area contributed by atoms with Crippen LogP contribution in [0.2, 0.25) is 0 Å². The van der Waals surface area contributed by atoms with Gasteiger partial charge in [-0.25, -0.2) is 0 Å². The van der Waals surface area contributed by atoms with Crippen molar-refractivity contribution >= 4 is 27.3 Å². The molecule has 1 unspecified atom stereocenters. The monoisotopic (exact) mass is 343 g/mol. The van der Waals surface area contributed by atoms with Crippen molar-refractivity contribution < 1.29 is 0 Å². The standard InChI is InChI=1S/C16H26BrNS/c1-4-10-18-15(14-11-13(17)12(2)19-14)16(3)8-6-5-7-9-16/h11,15,18H,4-10H2,1-3H3. The minimum atomic E-state index is 0.435. The van der Waals surface area contributed by atoms with Crippen LogP contribution < -0.4 is 5.32 Å². The van der Waals surface area contributed by atoms with Crippen LogP contribution in [0, 0.1) is 12.3 Å². The van der Waals surface area contributed by atoms with Crippen LogP contribution in [0.3, 0.4) is 0 Å². The molecule has 1 saturated carbocycles. The van der Waals surface area contributed by atoms with Gasteiger partial charge < -0.3 is 5.32 Å². The fourth-order valence-corrected chi connectivity index (χ4v) is 5.06. The molecule has 1 fully saturated rings. The van der Waals surface area contributed by atoms with Crippen LogP contribution in [-0.4, -0.2) is 6.54 Å². The van der Waals surface area contributed by atoms with Gasteiger partial charge in [-0.05, 0) is 60.1 Å². The van der Waals surface area contributed by atoms with Gasteiger partial charge in [0.2, 0.25) is 0 Å². The largest absolute Gasteiger partial charge is 0.309 e. The summed E-state index contributed by atoms with van der Waals surface area (Å²) in [5.74, 6) is 0. The van der Waals surface area contributed by atoms with Crippen LogP contribution in [0.15, 0.2) is 10.5 Å². The van der Waals surface area contributed by atoms with E-state index in [2.05, 4.69) is 48.1 Å².